The zero-order valence-corrected chi connectivity index (χ0v) is 12.9. The van der Waals surface area contributed by atoms with Crippen LogP contribution in [-0.2, 0) is 0 Å². The van der Waals surface area contributed by atoms with Crippen LogP contribution in [0.25, 0.3) is 0 Å². The lowest BCUT2D eigenvalue weighted by Gasteiger charge is -2.24. The van der Waals surface area contributed by atoms with Crippen LogP contribution in [0.2, 0.25) is 0 Å². The van der Waals surface area contributed by atoms with Crippen LogP contribution in [0, 0.1) is 0 Å². The van der Waals surface area contributed by atoms with Crippen LogP contribution in [0.3, 0.4) is 0 Å². The Kier molecular flexibility index (Phi) is 6.16. The average Bonchev–Trinajstić information content (AvgIpc) is 2.59. The van der Waals surface area contributed by atoms with E-state index in [1.807, 2.05) is 48.5 Å². The normalized spacial score (nSPS) is 13.4. The van der Waals surface area contributed by atoms with Gasteiger partial charge in [-0.3, -0.25) is 4.79 Å². The SMILES string of the molecule is CCCCC(NC(=O)c1ccccc1)C(O)c1ccccc1. The van der Waals surface area contributed by atoms with Gasteiger partial charge in [-0.05, 0) is 24.1 Å². The van der Waals surface area contributed by atoms with Crippen molar-refractivity contribution >= 4 is 5.91 Å². The summed E-state index contributed by atoms with van der Waals surface area (Å²) in [5.41, 5.74) is 1.45. The smallest absolute Gasteiger partial charge is 0.251 e. The number of hydrogen-bond acceptors (Lipinski definition) is 2. The summed E-state index contributed by atoms with van der Waals surface area (Å²) in [5, 5.41) is 13.6. The number of amides is 1. The number of benzene rings is 2. The first kappa shape index (κ1) is 16.2. The number of aliphatic hydroxyl groups is 1. The molecule has 2 aromatic rings. The lowest BCUT2D eigenvalue weighted by atomic mass is 9.97. The molecule has 2 rings (SSSR count). The van der Waals surface area contributed by atoms with Crippen LogP contribution in [0.4, 0.5) is 0 Å². The molecule has 0 aliphatic carbocycles. The zero-order valence-electron chi connectivity index (χ0n) is 12.9. The monoisotopic (exact) mass is 297 g/mol. The number of aliphatic hydroxyl groups excluding tert-OH is 1. The topological polar surface area (TPSA) is 49.3 Å². The fourth-order valence-corrected chi connectivity index (χ4v) is 2.46. The van der Waals surface area contributed by atoms with E-state index in [1.165, 1.54) is 0 Å². The first-order valence-corrected chi connectivity index (χ1v) is 7.81. The van der Waals surface area contributed by atoms with Gasteiger partial charge >= 0.3 is 0 Å². The van der Waals surface area contributed by atoms with Gasteiger partial charge in [-0.1, -0.05) is 68.3 Å². The Morgan fingerprint density at radius 3 is 2.23 bits per heavy atom. The van der Waals surface area contributed by atoms with E-state index < -0.39 is 6.10 Å². The van der Waals surface area contributed by atoms with Crippen LogP contribution in [0.1, 0.15) is 48.2 Å². The molecule has 0 radical (unpaired) electrons. The van der Waals surface area contributed by atoms with Crippen LogP contribution < -0.4 is 5.32 Å². The van der Waals surface area contributed by atoms with Gasteiger partial charge in [0.15, 0.2) is 0 Å². The van der Waals surface area contributed by atoms with E-state index in [2.05, 4.69) is 12.2 Å². The molecule has 116 valence electrons. The summed E-state index contributed by atoms with van der Waals surface area (Å²) in [4.78, 5) is 12.3. The van der Waals surface area contributed by atoms with E-state index in [0.29, 0.717) is 5.56 Å². The highest BCUT2D eigenvalue weighted by Gasteiger charge is 2.22. The van der Waals surface area contributed by atoms with Crippen molar-refractivity contribution in [1.82, 2.24) is 5.32 Å². The van der Waals surface area contributed by atoms with E-state index in [1.54, 1.807) is 12.1 Å². The Hall–Kier alpha value is -2.13. The molecule has 0 aliphatic rings. The summed E-state index contributed by atoms with van der Waals surface area (Å²) in [6, 6.07) is 18.3. The molecule has 3 heteroatoms. The Bertz CT molecular complexity index is 569. The van der Waals surface area contributed by atoms with E-state index >= 15 is 0 Å². The Morgan fingerprint density at radius 2 is 1.64 bits per heavy atom. The van der Waals surface area contributed by atoms with Gasteiger partial charge in [-0.25, -0.2) is 0 Å². The van der Waals surface area contributed by atoms with Gasteiger partial charge in [0, 0.05) is 5.56 Å². The highest BCUT2D eigenvalue weighted by molar-refractivity contribution is 5.94. The number of carbonyl (C=O) groups excluding carboxylic acids is 1. The number of hydrogen-bond donors (Lipinski definition) is 2. The van der Waals surface area contributed by atoms with Crippen molar-refractivity contribution in [2.45, 2.75) is 38.3 Å². The van der Waals surface area contributed by atoms with E-state index in [0.717, 1.165) is 24.8 Å². The largest absolute Gasteiger partial charge is 0.386 e. The standard InChI is InChI=1S/C19H23NO2/c1-2-3-14-17(18(21)15-10-6-4-7-11-15)20-19(22)16-12-8-5-9-13-16/h4-13,17-18,21H,2-3,14H2,1H3,(H,20,22). The predicted molar refractivity (Wildman–Crippen MR) is 88.6 cm³/mol. The maximum absolute atomic E-state index is 12.3. The molecule has 2 unspecified atom stereocenters. The maximum Gasteiger partial charge on any atom is 0.251 e. The van der Waals surface area contributed by atoms with Gasteiger partial charge in [0.2, 0.25) is 0 Å². The second kappa shape index (κ2) is 8.35. The summed E-state index contributed by atoms with van der Waals surface area (Å²) in [5.74, 6) is -0.142. The molecule has 0 heterocycles. The molecule has 1 amide bonds. The Morgan fingerprint density at radius 1 is 1.05 bits per heavy atom. The first-order valence-electron chi connectivity index (χ1n) is 7.81. The zero-order chi connectivity index (χ0) is 15.8. The molecular weight excluding hydrogens is 274 g/mol. The van der Waals surface area contributed by atoms with Crippen molar-refractivity contribution in [2.75, 3.05) is 0 Å². The van der Waals surface area contributed by atoms with Gasteiger partial charge in [-0.15, -0.1) is 0 Å². The molecule has 2 aromatic carbocycles. The third-order valence-electron chi connectivity index (χ3n) is 3.74. The van der Waals surface area contributed by atoms with Crippen LogP contribution in [-0.4, -0.2) is 17.1 Å². The Balaban J connectivity index is 2.10. The molecule has 2 N–H and O–H groups in total. The van der Waals surface area contributed by atoms with Crippen LogP contribution in [0.5, 0.6) is 0 Å². The highest BCUT2D eigenvalue weighted by Crippen LogP contribution is 2.20. The predicted octanol–water partition coefficient (Wildman–Crippen LogP) is 3.71. The van der Waals surface area contributed by atoms with Crippen LogP contribution in [0.15, 0.2) is 60.7 Å². The summed E-state index contributed by atoms with van der Waals surface area (Å²) in [6.45, 7) is 2.10. The number of carbonyl (C=O) groups is 1. The fourth-order valence-electron chi connectivity index (χ4n) is 2.46. The summed E-state index contributed by atoms with van der Waals surface area (Å²) in [7, 11) is 0. The molecule has 0 aromatic heterocycles. The van der Waals surface area contributed by atoms with Crippen LogP contribution >= 0.6 is 0 Å². The average molecular weight is 297 g/mol. The molecular formula is C19H23NO2. The highest BCUT2D eigenvalue weighted by atomic mass is 16.3. The van der Waals surface area contributed by atoms with Crippen molar-refractivity contribution in [3.63, 3.8) is 0 Å². The van der Waals surface area contributed by atoms with Gasteiger partial charge in [0.25, 0.3) is 5.91 Å². The number of unbranched alkanes of at least 4 members (excludes halogenated alkanes) is 1. The van der Waals surface area contributed by atoms with E-state index in [9.17, 15) is 9.90 Å². The minimum absolute atomic E-state index is 0.142. The molecule has 0 spiro atoms. The first-order chi connectivity index (χ1) is 10.7. The van der Waals surface area contributed by atoms with Crippen molar-refractivity contribution in [3.8, 4) is 0 Å². The minimum atomic E-state index is -0.694. The third-order valence-corrected chi connectivity index (χ3v) is 3.74. The van der Waals surface area contributed by atoms with Crippen molar-refractivity contribution < 1.29 is 9.90 Å². The minimum Gasteiger partial charge on any atom is -0.386 e. The van der Waals surface area contributed by atoms with E-state index in [4.69, 9.17) is 0 Å². The third kappa shape index (κ3) is 4.43. The molecule has 0 bridgehead atoms. The molecule has 2 atom stereocenters. The molecule has 0 fully saturated rings. The number of nitrogens with one attached hydrogen (secondary N) is 1. The Labute approximate surface area is 132 Å². The maximum atomic E-state index is 12.3. The van der Waals surface area contributed by atoms with Gasteiger partial charge in [0.1, 0.15) is 0 Å². The molecule has 3 nitrogen and oxygen atoms in total. The fraction of sp³-hybridized carbons (Fsp3) is 0.316. The van der Waals surface area contributed by atoms with Crippen molar-refractivity contribution in [3.05, 3.63) is 71.8 Å². The summed E-state index contributed by atoms with van der Waals surface area (Å²) >= 11 is 0. The van der Waals surface area contributed by atoms with Crippen molar-refractivity contribution in [1.29, 1.82) is 0 Å². The summed E-state index contributed by atoms with van der Waals surface area (Å²) < 4.78 is 0. The molecule has 0 aliphatic heterocycles. The molecule has 22 heavy (non-hydrogen) atoms. The molecule has 0 saturated carbocycles. The second-order valence-electron chi connectivity index (χ2n) is 5.44. The van der Waals surface area contributed by atoms with Gasteiger partial charge < -0.3 is 10.4 Å². The summed E-state index contributed by atoms with van der Waals surface area (Å²) in [6.07, 6.45) is 2.05. The van der Waals surface area contributed by atoms with Crippen molar-refractivity contribution in [2.24, 2.45) is 0 Å². The number of rotatable bonds is 7. The molecule has 0 saturated heterocycles. The lowest BCUT2D eigenvalue weighted by Crippen LogP contribution is -2.39. The van der Waals surface area contributed by atoms with Gasteiger partial charge in [-0.2, -0.15) is 0 Å². The quantitative estimate of drug-likeness (QED) is 0.818. The van der Waals surface area contributed by atoms with Gasteiger partial charge in [0.05, 0.1) is 12.1 Å². The lowest BCUT2D eigenvalue weighted by molar-refractivity contribution is 0.0817. The van der Waals surface area contributed by atoms with E-state index in [-0.39, 0.29) is 11.9 Å². The second-order valence-corrected chi connectivity index (χ2v) is 5.44.